The minimum absolute atomic E-state index is 0.00570. The van der Waals surface area contributed by atoms with Crippen LogP contribution in [0, 0.1) is 5.92 Å². The van der Waals surface area contributed by atoms with Crippen molar-refractivity contribution in [2.45, 2.75) is 25.9 Å². The number of carbonyl (C=O) groups excluding carboxylic acids is 1. The summed E-state index contributed by atoms with van der Waals surface area (Å²) >= 11 is 3.60. The van der Waals surface area contributed by atoms with Crippen LogP contribution < -0.4 is 5.32 Å². The first-order valence-corrected chi connectivity index (χ1v) is 12.2. The van der Waals surface area contributed by atoms with Crippen molar-refractivity contribution in [1.82, 2.24) is 19.8 Å². The predicted molar refractivity (Wildman–Crippen MR) is 135 cm³/mol. The molecule has 4 aromatic rings. The van der Waals surface area contributed by atoms with E-state index in [1.165, 1.54) is 0 Å². The van der Waals surface area contributed by atoms with Crippen molar-refractivity contribution in [3.63, 3.8) is 0 Å². The van der Waals surface area contributed by atoms with E-state index in [1.807, 2.05) is 48.5 Å². The summed E-state index contributed by atoms with van der Waals surface area (Å²) < 4.78 is 3.27. The van der Waals surface area contributed by atoms with Crippen molar-refractivity contribution in [2.75, 3.05) is 13.1 Å². The van der Waals surface area contributed by atoms with Gasteiger partial charge in [-0.25, -0.2) is 4.98 Å². The van der Waals surface area contributed by atoms with Gasteiger partial charge in [-0.05, 0) is 55.3 Å². The molecule has 1 aromatic heterocycles. The van der Waals surface area contributed by atoms with E-state index in [2.05, 4.69) is 61.0 Å². The summed E-state index contributed by atoms with van der Waals surface area (Å²) in [5.74, 6) is 1.15. The maximum atomic E-state index is 12.9. The van der Waals surface area contributed by atoms with Gasteiger partial charge < -0.3 is 5.32 Å². The largest absolute Gasteiger partial charge is 0.352 e. The highest BCUT2D eigenvalue weighted by molar-refractivity contribution is 9.10. The Morgan fingerprint density at radius 2 is 1.85 bits per heavy atom. The van der Waals surface area contributed by atoms with Crippen LogP contribution in [0.1, 0.15) is 24.2 Å². The Labute approximate surface area is 202 Å². The monoisotopic (exact) mass is 502 g/mol. The lowest BCUT2D eigenvalue weighted by molar-refractivity contribution is -0.127. The second kappa shape index (κ2) is 9.89. The number of imidazole rings is 1. The normalized spacial score (nSPS) is 16.7. The zero-order valence-corrected chi connectivity index (χ0v) is 20.0. The highest BCUT2D eigenvalue weighted by Crippen LogP contribution is 2.26. The molecule has 0 bridgehead atoms. The van der Waals surface area contributed by atoms with Crippen molar-refractivity contribution in [2.24, 2.45) is 5.92 Å². The van der Waals surface area contributed by atoms with Gasteiger partial charge in [0, 0.05) is 23.2 Å². The number of aromatic nitrogens is 2. The molecule has 1 fully saturated rings. The topological polar surface area (TPSA) is 50.2 Å². The Bertz CT molecular complexity index is 1250. The fourth-order valence-corrected chi connectivity index (χ4v) is 5.01. The first-order chi connectivity index (χ1) is 16.2. The molecule has 1 atom stereocenters. The molecule has 0 unspecified atom stereocenters. The van der Waals surface area contributed by atoms with E-state index in [0.717, 1.165) is 58.5 Å². The third-order valence-corrected chi connectivity index (χ3v) is 6.74. The maximum Gasteiger partial charge on any atom is 0.224 e. The van der Waals surface area contributed by atoms with Gasteiger partial charge in [0.05, 0.1) is 23.5 Å². The highest BCUT2D eigenvalue weighted by Gasteiger charge is 2.27. The predicted octanol–water partition coefficient (Wildman–Crippen LogP) is 5.32. The van der Waals surface area contributed by atoms with Crippen LogP contribution in [0.25, 0.3) is 16.7 Å². The number of nitrogens with one attached hydrogen (secondary N) is 1. The smallest absolute Gasteiger partial charge is 0.224 e. The molecule has 5 rings (SSSR count). The number of halogens is 1. The van der Waals surface area contributed by atoms with Gasteiger partial charge in [0.25, 0.3) is 0 Å². The molecule has 33 heavy (non-hydrogen) atoms. The molecule has 1 aliphatic heterocycles. The molecular formula is C27H27BrN4O. The van der Waals surface area contributed by atoms with Crippen molar-refractivity contribution < 1.29 is 4.79 Å². The Kier molecular flexibility index (Phi) is 6.55. The standard InChI is InChI=1S/C27H27BrN4O/c28-22-11-6-12-23(16-22)32-25-14-5-4-13-24(25)30-26(32)19-31-15-7-10-21(18-31)27(33)29-17-20-8-2-1-3-9-20/h1-6,8-9,11-14,16,21H,7,10,15,17-19H2,(H,29,33)/t21-/m1/s1. The number of nitrogens with zero attached hydrogens (tertiary/aromatic N) is 3. The molecule has 0 spiro atoms. The SMILES string of the molecule is O=C(NCc1ccccc1)[C@@H]1CCCN(Cc2nc3ccccc3n2-c2cccc(Br)c2)C1. The van der Waals surface area contributed by atoms with Crippen LogP contribution in [-0.2, 0) is 17.9 Å². The van der Waals surface area contributed by atoms with Gasteiger partial charge in [0.2, 0.25) is 5.91 Å². The van der Waals surface area contributed by atoms with E-state index in [9.17, 15) is 4.79 Å². The fourth-order valence-electron chi connectivity index (χ4n) is 4.63. The van der Waals surface area contributed by atoms with Crippen LogP contribution in [0.15, 0.2) is 83.3 Å². The molecular weight excluding hydrogens is 476 g/mol. The summed E-state index contributed by atoms with van der Waals surface area (Å²) in [6.45, 7) is 3.02. The summed E-state index contributed by atoms with van der Waals surface area (Å²) in [4.78, 5) is 20.2. The lowest BCUT2D eigenvalue weighted by Gasteiger charge is -2.31. The van der Waals surface area contributed by atoms with Gasteiger partial charge in [-0.15, -0.1) is 0 Å². The number of carbonyl (C=O) groups is 1. The van der Waals surface area contributed by atoms with Crippen LogP contribution in [0.5, 0.6) is 0 Å². The molecule has 2 heterocycles. The average molecular weight is 503 g/mol. The van der Waals surface area contributed by atoms with E-state index in [4.69, 9.17) is 4.98 Å². The number of likely N-dealkylation sites (tertiary alicyclic amines) is 1. The average Bonchev–Trinajstić information content (AvgIpc) is 3.21. The number of rotatable bonds is 6. The first-order valence-electron chi connectivity index (χ1n) is 11.4. The molecule has 168 valence electrons. The minimum atomic E-state index is 0.00570. The number of fused-ring (bicyclic) bond motifs is 1. The summed E-state index contributed by atoms with van der Waals surface area (Å²) in [7, 11) is 0. The Balaban J connectivity index is 1.33. The Morgan fingerprint density at radius 1 is 1.03 bits per heavy atom. The zero-order chi connectivity index (χ0) is 22.6. The number of amides is 1. The summed E-state index contributed by atoms with van der Waals surface area (Å²) in [5.41, 5.74) is 4.30. The quantitative estimate of drug-likeness (QED) is 0.388. The maximum absolute atomic E-state index is 12.9. The molecule has 1 amide bonds. The van der Waals surface area contributed by atoms with Gasteiger partial charge in [0.1, 0.15) is 5.82 Å². The van der Waals surface area contributed by atoms with Gasteiger partial charge in [-0.1, -0.05) is 64.5 Å². The zero-order valence-electron chi connectivity index (χ0n) is 18.5. The summed E-state index contributed by atoms with van der Waals surface area (Å²) in [6.07, 6.45) is 1.94. The van der Waals surface area contributed by atoms with Gasteiger partial charge >= 0.3 is 0 Å². The van der Waals surface area contributed by atoms with E-state index in [-0.39, 0.29) is 11.8 Å². The summed E-state index contributed by atoms with van der Waals surface area (Å²) in [6, 6.07) is 26.6. The molecule has 1 aliphatic rings. The van der Waals surface area contributed by atoms with Crippen LogP contribution >= 0.6 is 15.9 Å². The molecule has 1 N–H and O–H groups in total. The van der Waals surface area contributed by atoms with Crippen molar-refractivity contribution in [3.8, 4) is 5.69 Å². The summed E-state index contributed by atoms with van der Waals surface area (Å²) in [5, 5.41) is 3.13. The third-order valence-electron chi connectivity index (χ3n) is 6.25. The molecule has 3 aromatic carbocycles. The van der Waals surface area contributed by atoms with Crippen molar-refractivity contribution >= 4 is 32.9 Å². The van der Waals surface area contributed by atoms with Crippen molar-refractivity contribution in [1.29, 1.82) is 0 Å². The Hall–Kier alpha value is -2.96. The van der Waals surface area contributed by atoms with Crippen LogP contribution in [0.3, 0.4) is 0 Å². The molecule has 6 heteroatoms. The third kappa shape index (κ3) is 5.02. The van der Waals surface area contributed by atoms with Crippen molar-refractivity contribution in [3.05, 3.63) is 94.7 Å². The van der Waals surface area contributed by atoms with Gasteiger partial charge in [-0.2, -0.15) is 0 Å². The fraction of sp³-hybridized carbons (Fsp3) is 0.259. The molecule has 0 saturated carbocycles. The van der Waals surface area contributed by atoms with E-state index < -0.39 is 0 Å². The van der Waals surface area contributed by atoms with Gasteiger partial charge in [0.15, 0.2) is 0 Å². The van der Waals surface area contributed by atoms with Crippen LogP contribution in [0.2, 0.25) is 0 Å². The minimum Gasteiger partial charge on any atom is -0.352 e. The number of para-hydroxylation sites is 2. The second-order valence-electron chi connectivity index (χ2n) is 8.61. The van der Waals surface area contributed by atoms with E-state index in [1.54, 1.807) is 0 Å². The molecule has 1 saturated heterocycles. The lowest BCUT2D eigenvalue weighted by atomic mass is 9.97. The Morgan fingerprint density at radius 3 is 2.70 bits per heavy atom. The van der Waals surface area contributed by atoms with Crippen LogP contribution in [0.4, 0.5) is 0 Å². The van der Waals surface area contributed by atoms with Gasteiger partial charge in [-0.3, -0.25) is 14.3 Å². The molecule has 0 radical (unpaired) electrons. The molecule has 0 aliphatic carbocycles. The van der Waals surface area contributed by atoms with E-state index >= 15 is 0 Å². The number of hydrogen-bond donors (Lipinski definition) is 1. The highest BCUT2D eigenvalue weighted by atomic mass is 79.9. The molecule has 5 nitrogen and oxygen atoms in total. The van der Waals surface area contributed by atoms with Crippen LogP contribution in [-0.4, -0.2) is 33.4 Å². The lowest BCUT2D eigenvalue weighted by Crippen LogP contribution is -2.42. The number of hydrogen-bond acceptors (Lipinski definition) is 3. The number of benzene rings is 3. The van der Waals surface area contributed by atoms with E-state index in [0.29, 0.717) is 13.1 Å². The second-order valence-corrected chi connectivity index (χ2v) is 9.53. The first kappa shape index (κ1) is 21.9. The number of piperidine rings is 1.